The monoisotopic (exact) mass is 494 g/mol. The van der Waals surface area contributed by atoms with E-state index in [2.05, 4.69) is 21.6 Å². The smallest absolute Gasteiger partial charge is 0.235 e. The van der Waals surface area contributed by atoms with Crippen molar-refractivity contribution < 1.29 is 9.21 Å². The van der Waals surface area contributed by atoms with Crippen molar-refractivity contribution in [2.24, 2.45) is 0 Å². The maximum atomic E-state index is 12.9. The first kappa shape index (κ1) is 23.7. The zero-order valence-electron chi connectivity index (χ0n) is 19.0. The van der Waals surface area contributed by atoms with Crippen LogP contribution >= 0.6 is 23.4 Å². The Morgan fingerprint density at radius 3 is 2.74 bits per heavy atom. The third-order valence-electron chi connectivity index (χ3n) is 5.54. The van der Waals surface area contributed by atoms with Gasteiger partial charge in [0, 0.05) is 22.8 Å². The van der Waals surface area contributed by atoms with E-state index in [0.29, 0.717) is 40.5 Å². The fraction of sp³-hybridized carbons (Fsp3) is 0.250. The molecule has 3 aromatic heterocycles. The topological polar surface area (TPSA) is 102 Å². The zero-order valence-corrected chi connectivity index (χ0v) is 20.6. The molecule has 0 aliphatic heterocycles. The van der Waals surface area contributed by atoms with Gasteiger partial charge in [0.05, 0.1) is 24.1 Å². The van der Waals surface area contributed by atoms with Gasteiger partial charge in [-0.25, -0.2) is 0 Å². The fourth-order valence-electron chi connectivity index (χ4n) is 3.71. The van der Waals surface area contributed by atoms with Crippen molar-refractivity contribution in [2.45, 2.75) is 39.0 Å². The van der Waals surface area contributed by atoms with E-state index in [1.807, 2.05) is 60.2 Å². The molecule has 0 spiro atoms. The van der Waals surface area contributed by atoms with Crippen molar-refractivity contribution in [2.75, 3.05) is 11.1 Å². The number of carbonyl (C=O) groups excluding carboxylic acids is 1. The van der Waals surface area contributed by atoms with Crippen LogP contribution in [0.4, 0.5) is 5.82 Å². The quantitative estimate of drug-likeness (QED) is 0.334. The molecule has 0 unspecified atom stereocenters. The molecule has 0 saturated carbocycles. The van der Waals surface area contributed by atoms with Crippen LogP contribution in [0.2, 0.25) is 5.02 Å². The maximum absolute atomic E-state index is 12.9. The molecule has 34 heavy (non-hydrogen) atoms. The molecule has 0 bridgehead atoms. The van der Waals surface area contributed by atoms with E-state index >= 15 is 0 Å². The Morgan fingerprint density at radius 2 is 2.06 bits per heavy atom. The lowest BCUT2D eigenvalue weighted by Crippen LogP contribution is -2.19. The van der Waals surface area contributed by atoms with E-state index < -0.39 is 0 Å². The van der Waals surface area contributed by atoms with Crippen LogP contribution in [0.15, 0.2) is 52.2 Å². The standard InChI is InChI=1S/C24H23ClN6O2S/c1-4-30-22(17-7-5-8-18(25)11-17)28-29-24(30)34-14-21(32)27-23-20(12-26)15(2)16(3)31(23)13-19-9-6-10-33-19/h5-11H,4,13-14H2,1-3H3,(H,27,32). The normalized spacial score (nSPS) is 10.9. The van der Waals surface area contributed by atoms with E-state index in [1.165, 1.54) is 11.8 Å². The Hall–Kier alpha value is -3.48. The summed E-state index contributed by atoms with van der Waals surface area (Å²) in [5.41, 5.74) is 3.03. The van der Waals surface area contributed by atoms with Crippen LogP contribution in [0.25, 0.3) is 11.4 Å². The van der Waals surface area contributed by atoms with Crippen LogP contribution < -0.4 is 5.32 Å². The summed E-state index contributed by atoms with van der Waals surface area (Å²) in [4.78, 5) is 12.9. The van der Waals surface area contributed by atoms with Crippen molar-refractivity contribution >= 4 is 35.1 Å². The molecule has 0 aliphatic carbocycles. The highest BCUT2D eigenvalue weighted by atomic mass is 35.5. The number of hydrogen-bond donors (Lipinski definition) is 1. The molecule has 0 aliphatic rings. The lowest BCUT2D eigenvalue weighted by molar-refractivity contribution is -0.113. The molecule has 4 aromatic rings. The van der Waals surface area contributed by atoms with Gasteiger partial charge in [-0.05, 0) is 50.6 Å². The highest BCUT2D eigenvalue weighted by Crippen LogP contribution is 2.29. The molecule has 10 heteroatoms. The van der Waals surface area contributed by atoms with Crippen LogP contribution in [-0.4, -0.2) is 31.0 Å². The summed E-state index contributed by atoms with van der Waals surface area (Å²) in [5, 5.41) is 22.5. The van der Waals surface area contributed by atoms with Gasteiger partial charge in [0.2, 0.25) is 5.91 Å². The molecular weight excluding hydrogens is 472 g/mol. The Balaban J connectivity index is 1.52. The number of aromatic nitrogens is 4. The molecule has 4 rings (SSSR count). The molecule has 8 nitrogen and oxygen atoms in total. The number of hydrogen-bond acceptors (Lipinski definition) is 6. The Labute approximate surface area is 206 Å². The van der Waals surface area contributed by atoms with Crippen LogP contribution in [0, 0.1) is 25.2 Å². The molecular formula is C24H23ClN6O2S. The van der Waals surface area contributed by atoms with Gasteiger partial charge in [0.15, 0.2) is 11.0 Å². The largest absolute Gasteiger partial charge is 0.467 e. The lowest BCUT2D eigenvalue weighted by Gasteiger charge is -2.12. The van der Waals surface area contributed by atoms with E-state index in [-0.39, 0.29) is 11.7 Å². The number of benzene rings is 1. The summed E-state index contributed by atoms with van der Waals surface area (Å²) in [6.07, 6.45) is 1.60. The molecule has 0 radical (unpaired) electrons. The van der Waals surface area contributed by atoms with Crippen LogP contribution in [0.5, 0.6) is 0 Å². The van der Waals surface area contributed by atoms with E-state index in [9.17, 15) is 10.1 Å². The Bertz CT molecular complexity index is 1370. The van der Waals surface area contributed by atoms with Gasteiger partial charge in [0.25, 0.3) is 0 Å². The molecule has 3 heterocycles. The summed E-state index contributed by atoms with van der Waals surface area (Å²) < 4.78 is 9.30. The van der Waals surface area contributed by atoms with Gasteiger partial charge in [0.1, 0.15) is 17.6 Å². The molecule has 0 saturated heterocycles. The summed E-state index contributed by atoms with van der Waals surface area (Å²) in [6, 6.07) is 13.3. The second kappa shape index (κ2) is 10.2. The minimum atomic E-state index is -0.241. The summed E-state index contributed by atoms with van der Waals surface area (Å²) in [7, 11) is 0. The van der Waals surface area contributed by atoms with Gasteiger partial charge in [-0.2, -0.15) is 5.26 Å². The van der Waals surface area contributed by atoms with Gasteiger partial charge in [-0.3, -0.25) is 4.79 Å². The maximum Gasteiger partial charge on any atom is 0.235 e. The number of nitriles is 1. The summed E-state index contributed by atoms with van der Waals surface area (Å²) >= 11 is 7.41. The number of nitrogens with one attached hydrogen (secondary N) is 1. The average Bonchev–Trinajstić information content (AvgIpc) is 3.54. The van der Waals surface area contributed by atoms with Gasteiger partial charge in [-0.15, -0.1) is 10.2 Å². The average molecular weight is 495 g/mol. The lowest BCUT2D eigenvalue weighted by atomic mass is 10.2. The predicted molar refractivity (Wildman–Crippen MR) is 132 cm³/mol. The Morgan fingerprint density at radius 1 is 1.24 bits per heavy atom. The number of thioether (sulfide) groups is 1. The second-order valence-electron chi connectivity index (χ2n) is 7.61. The van der Waals surface area contributed by atoms with Crippen LogP contribution in [0.1, 0.15) is 29.5 Å². The number of amides is 1. The predicted octanol–water partition coefficient (Wildman–Crippen LogP) is 5.28. The van der Waals surface area contributed by atoms with Gasteiger partial charge in [-0.1, -0.05) is 35.5 Å². The third-order valence-corrected chi connectivity index (χ3v) is 6.74. The summed E-state index contributed by atoms with van der Waals surface area (Å²) in [5.74, 6) is 1.77. The number of furan rings is 1. The molecule has 1 aromatic carbocycles. The first-order valence-electron chi connectivity index (χ1n) is 10.7. The number of rotatable bonds is 8. The highest BCUT2D eigenvalue weighted by Gasteiger charge is 2.21. The van der Waals surface area contributed by atoms with Crippen molar-refractivity contribution in [3.05, 3.63) is 70.3 Å². The zero-order chi connectivity index (χ0) is 24.2. The van der Waals surface area contributed by atoms with Crippen molar-refractivity contribution in [3.63, 3.8) is 0 Å². The molecule has 0 atom stereocenters. The second-order valence-corrected chi connectivity index (χ2v) is 8.99. The van der Waals surface area contributed by atoms with Crippen molar-refractivity contribution in [3.8, 4) is 17.5 Å². The van der Waals surface area contributed by atoms with Crippen LogP contribution in [0.3, 0.4) is 0 Å². The molecule has 174 valence electrons. The number of nitrogens with zero attached hydrogens (tertiary/aromatic N) is 5. The number of carbonyl (C=O) groups is 1. The van der Waals surface area contributed by atoms with Gasteiger partial charge >= 0.3 is 0 Å². The van der Waals surface area contributed by atoms with E-state index in [1.54, 1.807) is 12.3 Å². The molecule has 1 N–H and O–H groups in total. The number of anilines is 1. The highest BCUT2D eigenvalue weighted by molar-refractivity contribution is 7.99. The first-order chi connectivity index (χ1) is 16.4. The minimum Gasteiger partial charge on any atom is -0.467 e. The third kappa shape index (κ3) is 4.74. The molecule has 0 fully saturated rings. The van der Waals surface area contributed by atoms with E-state index in [0.717, 1.165) is 22.6 Å². The number of halogens is 1. The Kier molecular flexibility index (Phi) is 7.10. The van der Waals surface area contributed by atoms with Gasteiger partial charge < -0.3 is 18.9 Å². The minimum absolute atomic E-state index is 0.114. The summed E-state index contributed by atoms with van der Waals surface area (Å²) in [6.45, 7) is 6.84. The first-order valence-corrected chi connectivity index (χ1v) is 12.0. The van der Waals surface area contributed by atoms with E-state index in [4.69, 9.17) is 16.0 Å². The van der Waals surface area contributed by atoms with Crippen LogP contribution in [-0.2, 0) is 17.9 Å². The van der Waals surface area contributed by atoms with Crippen molar-refractivity contribution in [1.29, 1.82) is 5.26 Å². The van der Waals surface area contributed by atoms with Crippen molar-refractivity contribution in [1.82, 2.24) is 19.3 Å². The SMILES string of the molecule is CCn1c(SCC(=O)Nc2c(C#N)c(C)c(C)n2Cc2ccco2)nnc1-c1cccc(Cl)c1. The molecule has 1 amide bonds. The fourth-order valence-corrected chi connectivity index (χ4v) is 4.70.